The summed E-state index contributed by atoms with van der Waals surface area (Å²) in [5, 5.41) is 5.58. The number of urea groups is 1. The molecule has 0 spiro atoms. The Hall–Kier alpha value is -3.15. The van der Waals surface area contributed by atoms with Crippen LogP contribution in [0, 0.1) is 13.8 Å². The average molecular weight is 379 g/mol. The Labute approximate surface area is 164 Å². The second-order valence-corrected chi connectivity index (χ2v) is 7.46. The molecule has 6 nitrogen and oxygen atoms in total. The predicted octanol–water partition coefficient (Wildman–Crippen LogP) is 2.62. The molecule has 0 aromatic heterocycles. The molecule has 0 bridgehead atoms. The highest BCUT2D eigenvalue weighted by atomic mass is 16.2. The molecule has 2 aromatic carbocycles. The van der Waals surface area contributed by atoms with Crippen LogP contribution in [0.1, 0.15) is 36.1 Å². The van der Waals surface area contributed by atoms with Crippen LogP contribution in [-0.2, 0) is 15.1 Å². The van der Waals surface area contributed by atoms with Gasteiger partial charge in [0.25, 0.3) is 5.91 Å². The molecule has 2 N–H and O–H groups in total. The van der Waals surface area contributed by atoms with Gasteiger partial charge in [-0.3, -0.25) is 14.5 Å². The van der Waals surface area contributed by atoms with Crippen molar-refractivity contribution in [3.8, 4) is 0 Å². The minimum atomic E-state index is -1.35. The van der Waals surface area contributed by atoms with Crippen molar-refractivity contribution >= 4 is 17.8 Å². The monoisotopic (exact) mass is 379 g/mol. The number of amides is 4. The largest absolute Gasteiger partial charge is 0.352 e. The number of nitrogens with one attached hydrogen (secondary N) is 2. The molecule has 1 aliphatic heterocycles. The lowest BCUT2D eigenvalue weighted by molar-refractivity contribution is -0.134. The van der Waals surface area contributed by atoms with Gasteiger partial charge < -0.3 is 10.6 Å². The van der Waals surface area contributed by atoms with Gasteiger partial charge in [-0.05, 0) is 49.9 Å². The van der Waals surface area contributed by atoms with Crippen LogP contribution in [0.3, 0.4) is 0 Å². The first kappa shape index (κ1) is 19.6. The molecule has 1 saturated heterocycles. The lowest BCUT2D eigenvalue weighted by Gasteiger charge is -2.28. The number of rotatable bonds is 5. The van der Waals surface area contributed by atoms with Gasteiger partial charge in [-0.1, -0.05) is 48.5 Å². The van der Waals surface area contributed by atoms with Crippen LogP contribution >= 0.6 is 0 Å². The van der Waals surface area contributed by atoms with Crippen molar-refractivity contribution in [2.45, 2.75) is 39.3 Å². The maximum absolute atomic E-state index is 13.5. The van der Waals surface area contributed by atoms with Crippen molar-refractivity contribution in [2.24, 2.45) is 0 Å². The van der Waals surface area contributed by atoms with Gasteiger partial charge >= 0.3 is 6.03 Å². The van der Waals surface area contributed by atoms with E-state index in [1.165, 1.54) is 0 Å². The summed E-state index contributed by atoms with van der Waals surface area (Å²) in [6, 6.07) is 14.2. The van der Waals surface area contributed by atoms with E-state index in [0.29, 0.717) is 11.1 Å². The molecule has 3 rings (SSSR count). The number of hydrogen-bond donors (Lipinski definition) is 2. The zero-order chi connectivity index (χ0) is 20.5. The average Bonchev–Trinajstić information content (AvgIpc) is 2.89. The van der Waals surface area contributed by atoms with E-state index in [1.807, 2.05) is 76.2 Å². The van der Waals surface area contributed by atoms with Gasteiger partial charge in [0, 0.05) is 6.04 Å². The number of aryl methyl sites for hydroxylation is 2. The number of hydrogen-bond acceptors (Lipinski definition) is 3. The molecule has 1 heterocycles. The topological polar surface area (TPSA) is 78.5 Å². The van der Waals surface area contributed by atoms with E-state index in [2.05, 4.69) is 10.6 Å². The summed E-state index contributed by atoms with van der Waals surface area (Å²) in [4.78, 5) is 39.4. The van der Waals surface area contributed by atoms with Gasteiger partial charge in [-0.2, -0.15) is 0 Å². The molecule has 0 aliphatic carbocycles. The van der Waals surface area contributed by atoms with Crippen molar-refractivity contribution in [1.29, 1.82) is 0 Å². The zero-order valence-corrected chi connectivity index (χ0v) is 16.6. The Morgan fingerprint density at radius 1 is 1.04 bits per heavy atom. The van der Waals surface area contributed by atoms with Crippen LogP contribution < -0.4 is 10.6 Å². The van der Waals surface area contributed by atoms with E-state index in [-0.39, 0.29) is 18.5 Å². The van der Waals surface area contributed by atoms with E-state index in [9.17, 15) is 14.4 Å². The fourth-order valence-corrected chi connectivity index (χ4v) is 3.45. The second-order valence-electron chi connectivity index (χ2n) is 7.46. The van der Waals surface area contributed by atoms with E-state index in [4.69, 9.17) is 0 Å². The molecular formula is C22H25N3O3. The smallest absolute Gasteiger partial charge is 0.326 e. The fourth-order valence-electron chi connectivity index (χ4n) is 3.45. The van der Waals surface area contributed by atoms with Gasteiger partial charge in [0.15, 0.2) is 5.54 Å². The minimum absolute atomic E-state index is 0.0769. The number of imide groups is 1. The van der Waals surface area contributed by atoms with E-state index in [1.54, 1.807) is 0 Å². The summed E-state index contributed by atoms with van der Waals surface area (Å²) in [5.41, 5.74) is 2.09. The summed E-state index contributed by atoms with van der Waals surface area (Å²) in [6.07, 6.45) is 0. The first-order chi connectivity index (χ1) is 13.3. The van der Waals surface area contributed by atoms with Gasteiger partial charge in [0.2, 0.25) is 5.91 Å². The molecular weight excluding hydrogens is 354 g/mol. The Kier molecular flexibility index (Phi) is 5.23. The van der Waals surface area contributed by atoms with Crippen molar-refractivity contribution in [1.82, 2.24) is 15.5 Å². The fraction of sp³-hybridized carbons (Fsp3) is 0.318. The Balaban J connectivity index is 2.08. The maximum atomic E-state index is 13.5. The molecule has 6 heteroatoms. The number of carbonyl (C=O) groups is 3. The molecule has 0 radical (unpaired) electrons. The molecule has 146 valence electrons. The highest BCUT2D eigenvalue weighted by Gasteiger charge is 2.54. The normalized spacial score (nSPS) is 19.1. The van der Waals surface area contributed by atoms with E-state index in [0.717, 1.165) is 16.0 Å². The van der Waals surface area contributed by atoms with E-state index < -0.39 is 17.5 Å². The number of carbonyl (C=O) groups excluding carboxylic acids is 3. The highest BCUT2D eigenvalue weighted by molar-refractivity contribution is 6.11. The molecule has 2 aromatic rings. The van der Waals surface area contributed by atoms with Crippen LogP contribution in [0.15, 0.2) is 48.5 Å². The lowest BCUT2D eigenvalue weighted by atomic mass is 9.81. The van der Waals surface area contributed by atoms with Crippen molar-refractivity contribution < 1.29 is 14.4 Å². The van der Waals surface area contributed by atoms with Gasteiger partial charge in [0.05, 0.1) is 0 Å². The third-order valence-electron chi connectivity index (χ3n) is 5.00. The standard InChI is InChI=1S/C22H25N3O3/c1-14(2)23-19(26)13-25-20(27)22(24-21(25)28,17-8-6-5-7-9-17)18-11-10-15(3)16(4)12-18/h5-12,14H,13H2,1-4H3,(H,23,26)(H,24,28)/t22-/m0/s1. The van der Waals surface area contributed by atoms with Crippen molar-refractivity contribution in [3.05, 3.63) is 70.8 Å². The van der Waals surface area contributed by atoms with Crippen LogP contribution in [0.25, 0.3) is 0 Å². The number of benzene rings is 2. The molecule has 1 aliphatic rings. The van der Waals surface area contributed by atoms with Gasteiger partial charge in [-0.15, -0.1) is 0 Å². The molecule has 0 unspecified atom stereocenters. The van der Waals surface area contributed by atoms with Crippen LogP contribution in [0.2, 0.25) is 0 Å². The Morgan fingerprint density at radius 2 is 1.71 bits per heavy atom. The molecule has 4 amide bonds. The van der Waals surface area contributed by atoms with Crippen LogP contribution in [0.5, 0.6) is 0 Å². The molecule has 1 atom stereocenters. The Morgan fingerprint density at radius 3 is 2.32 bits per heavy atom. The SMILES string of the molecule is Cc1ccc([C@]2(c3ccccc3)NC(=O)N(CC(=O)NC(C)C)C2=O)cc1C. The highest BCUT2D eigenvalue weighted by Crippen LogP contribution is 2.36. The van der Waals surface area contributed by atoms with E-state index >= 15 is 0 Å². The molecule has 0 saturated carbocycles. The van der Waals surface area contributed by atoms with Crippen molar-refractivity contribution in [3.63, 3.8) is 0 Å². The first-order valence-electron chi connectivity index (χ1n) is 9.32. The summed E-state index contributed by atoms with van der Waals surface area (Å²) >= 11 is 0. The van der Waals surface area contributed by atoms with Gasteiger partial charge in [0.1, 0.15) is 6.54 Å². The summed E-state index contributed by atoms with van der Waals surface area (Å²) in [6.45, 7) is 7.29. The molecule has 1 fully saturated rings. The second kappa shape index (κ2) is 7.46. The quantitative estimate of drug-likeness (QED) is 0.784. The third-order valence-corrected chi connectivity index (χ3v) is 5.00. The first-order valence-corrected chi connectivity index (χ1v) is 9.32. The Bertz CT molecular complexity index is 924. The minimum Gasteiger partial charge on any atom is -0.352 e. The lowest BCUT2D eigenvalue weighted by Crippen LogP contribution is -2.46. The zero-order valence-electron chi connectivity index (χ0n) is 16.6. The van der Waals surface area contributed by atoms with Crippen molar-refractivity contribution in [2.75, 3.05) is 6.54 Å². The third kappa shape index (κ3) is 3.38. The summed E-state index contributed by atoms with van der Waals surface area (Å²) in [7, 11) is 0. The summed E-state index contributed by atoms with van der Waals surface area (Å²) < 4.78 is 0. The van der Waals surface area contributed by atoms with Crippen LogP contribution in [0.4, 0.5) is 4.79 Å². The maximum Gasteiger partial charge on any atom is 0.326 e. The number of nitrogens with zero attached hydrogens (tertiary/aromatic N) is 1. The molecule has 28 heavy (non-hydrogen) atoms. The predicted molar refractivity (Wildman–Crippen MR) is 107 cm³/mol. The van der Waals surface area contributed by atoms with Crippen LogP contribution in [-0.4, -0.2) is 35.3 Å². The summed E-state index contributed by atoms with van der Waals surface area (Å²) in [5.74, 6) is -0.826. The van der Waals surface area contributed by atoms with Gasteiger partial charge in [-0.25, -0.2) is 4.79 Å².